The van der Waals surface area contributed by atoms with Crippen molar-refractivity contribution in [3.63, 3.8) is 0 Å². The van der Waals surface area contributed by atoms with E-state index < -0.39 is 0 Å². The number of anilines is 2. The third-order valence-corrected chi connectivity index (χ3v) is 6.70. The molecule has 0 atom stereocenters. The summed E-state index contributed by atoms with van der Waals surface area (Å²) < 4.78 is 0. The van der Waals surface area contributed by atoms with Gasteiger partial charge >= 0.3 is 0 Å². The molecule has 1 aromatic carbocycles. The summed E-state index contributed by atoms with van der Waals surface area (Å²) in [6, 6.07) is 14.1. The number of aryl methyl sites for hydroxylation is 2. The molecule has 4 heterocycles. The minimum absolute atomic E-state index is 0.196. The standard InChI is InChI=1S/C26H30N6O/c1-19-20(2)28-25(22-10-5-6-12-27-22)29-26(19)31-16-14-30(15-17-31)18-24(33)32-13-7-9-21-8-3-4-11-23(21)32/h3-6,8,10-12H,7,9,13-18H2,1-2H3. The lowest BCUT2D eigenvalue weighted by Crippen LogP contribution is -2.51. The molecule has 2 aliphatic rings. The molecule has 2 aliphatic heterocycles. The van der Waals surface area contributed by atoms with Crippen LogP contribution in [0.25, 0.3) is 11.5 Å². The largest absolute Gasteiger partial charge is 0.354 e. The van der Waals surface area contributed by atoms with E-state index in [2.05, 4.69) is 44.9 Å². The second-order valence-electron chi connectivity index (χ2n) is 8.84. The summed E-state index contributed by atoms with van der Waals surface area (Å²) in [5, 5.41) is 0. The van der Waals surface area contributed by atoms with E-state index in [0.29, 0.717) is 12.4 Å². The summed E-state index contributed by atoms with van der Waals surface area (Å²) >= 11 is 0. The Kier molecular flexibility index (Phi) is 6.05. The van der Waals surface area contributed by atoms with Gasteiger partial charge in [-0.25, -0.2) is 9.97 Å². The van der Waals surface area contributed by atoms with E-state index in [0.717, 1.165) is 74.0 Å². The molecule has 7 nitrogen and oxygen atoms in total. The summed E-state index contributed by atoms with van der Waals surface area (Å²) in [7, 11) is 0. The Hall–Kier alpha value is -3.32. The van der Waals surface area contributed by atoms with Gasteiger partial charge in [-0.1, -0.05) is 24.3 Å². The van der Waals surface area contributed by atoms with Gasteiger partial charge in [-0.05, 0) is 50.5 Å². The van der Waals surface area contributed by atoms with Gasteiger partial charge in [-0.15, -0.1) is 0 Å². The molecule has 0 N–H and O–H groups in total. The number of amides is 1. The van der Waals surface area contributed by atoms with Gasteiger partial charge in [-0.3, -0.25) is 14.7 Å². The van der Waals surface area contributed by atoms with E-state index in [9.17, 15) is 4.79 Å². The minimum Gasteiger partial charge on any atom is -0.354 e. The Morgan fingerprint density at radius 3 is 2.52 bits per heavy atom. The normalized spacial score (nSPS) is 16.5. The predicted molar refractivity (Wildman–Crippen MR) is 131 cm³/mol. The van der Waals surface area contributed by atoms with Crippen molar-refractivity contribution >= 4 is 17.4 Å². The van der Waals surface area contributed by atoms with Crippen LogP contribution in [0.15, 0.2) is 48.7 Å². The highest BCUT2D eigenvalue weighted by Gasteiger charge is 2.27. The lowest BCUT2D eigenvalue weighted by atomic mass is 10.0. The van der Waals surface area contributed by atoms with Crippen molar-refractivity contribution in [2.24, 2.45) is 0 Å². The zero-order valence-electron chi connectivity index (χ0n) is 19.4. The molecule has 2 aromatic heterocycles. The highest BCUT2D eigenvalue weighted by molar-refractivity contribution is 5.96. The molecule has 0 aliphatic carbocycles. The summed E-state index contributed by atoms with van der Waals surface area (Å²) in [6.07, 6.45) is 3.85. The summed E-state index contributed by atoms with van der Waals surface area (Å²) in [6.45, 7) is 8.72. The number of carbonyl (C=O) groups excluding carboxylic acids is 1. The van der Waals surface area contributed by atoms with Crippen molar-refractivity contribution in [2.75, 3.05) is 49.1 Å². The van der Waals surface area contributed by atoms with Gasteiger partial charge in [0.15, 0.2) is 5.82 Å². The van der Waals surface area contributed by atoms with Gasteiger partial charge in [0.2, 0.25) is 5.91 Å². The fourth-order valence-corrected chi connectivity index (χ4v) is 4.72. The van der Waals surface area contributed by atoms with E-state index in [-0.39, 0.29) is 5.91 Å². The SMILES string of the molecule is Cc1nc(-c2ccccn2)nc(N2CCN(CC(=O)N3CCCc4ccccc43)CC2)c1C. The van der Waals surface area contributed by atoms with Gasteiger partial charge < -0.3 is 9.80 Å². The first kappa shape index (κ1) is 21.5. The number of pyridine rings is 1. The maximum atomic E-state index is 13.1. The molecule has 1 amide bonds. The fourth-order valence-electron chi connectivity index (χ4n) is 4.72. The maximum absolute atomic E-state index is 13.1. The second kappa shape index (κ2) is 9.27. The monoisotopic (exact) mass is 442 g/mol. The second-order valence-corrected chi connectivity index (χ2v) is 8.84. The van der Waals surface area contributed by atoms with Crippen molar-refractivity contribution in [1.82, 2.24) is 19.9 Å². The van der Waals surface area contributed by atoms with Gasteiger partial charge in [0.25, 0.3) is 0 Å². The van der Waals surface area contributed by atoms with Crippen LogP contribution >= 0.6 is 0 Å². The number of para-hydroxylation sites is 1. The Bertz CT molecular complexity index is 1140. The van der Waals surface area contributed by atoms with Crippen LogP contribution in [0, 0.1) is 13.8 Å². The Morgan fingerprint density at radius 2 is 1.73 bits per heavy atom. The number of nitrogens with zero attached hydrogens (tertiary/aromatic N) is 6. The van der Waals surface area contributed by atoms with Gasteiger partial charge in [-0.2, -0.15) is 0 Å². The van der Waals surface area contributed by atoms with Crippen LogP contribution in [-0.2, 0) is 11.2 Å². The molecule has 0 saturated carbocycles. The number of rotatable bonds is 4. The molecular weight excluding hydrogens is 412 g/mol. The van der Waals surface area contributed by atoms with Crippen molar-refractivity contribution in [3.05, 3.63) is 65.5 Å². The molecular formula is C26H30N6O. The average molecular weight is 443 g/mol. The number of hydrogen-bond donors (Lipinski definition) is 0. The first-order chi connectivity index (χ1) is 16.1. The topological polar surface area (TPSA) is 65.5 Å². The number of benzene rings is 1. The minimum atomic E-state index is 0.196. The van der Waals surface area contributed by atoms with E-state index in [1.165, 1.54) is 5.56 Å². The Balaban J connectivity index is 1.26. The average Bonchev–Trinajstić information content (AvgIpc) is 2.86. The number of fused-ring (bicyclic) bond motifs is 1. The van der Waals surface area contributed by atoms with Crippen LogP contribution in [0.4, 0.5) is 11.5 Å². The molecule has 0 radical (unpaired) electrons. The molecule has 7 heteroatoms. The first-order valence-corrected chi connectivity index (χ1v) is 11.7. The van der Waals surface area contributed by atoms with Crippen LogP contribution in [0.5, 0.6) is 0 Å². The van der Waals surface area contributed by atoms with Crippen molar-refractivity contribution in [2.45, 2.75) is 26.7 Å². The molecule has 0 spiro atoms. The lowest BCUT2D eigenvalue weighted by Gasteiger charge is -2.37. The zero-order chi connectivity index (χ0) is 22.8. The number of carbonyl (C=O) groups is 1. The number of piperazine rings is 1. The van der Waals surface area contributed by atoms with Crippen LogP contribution in [0.3, 0.4) is 0 Å². The highest BCUT2D eigenvalue weighted by Crippen LogP contribution is 2.27. The van der Waals surface area contributed by atoms with Crippen molar-refractivity contribution in [3.8, 4) is 11.5 Å². The summed E-state index contributed by atoms with van der Waals surface area (Å²) in [5.74, 6) is 1.83. The first-order valence-electron chi connectivity index (χ1n) is 11.7. The Morgan fingerprint density at radius 1 is 0.939 bits per heavy atom. The van der Waals surface area contributed by atoms with Gasteiger partial charge in [0.05, 0.1) is 6.54 Å². The predicted octanol–water partition coefficient (Wildman–Crippen LogP) is 3.26. The third kappa shape index (κ3) is 4.46. The van der Waals surface area contributed by atoms with E-state index in [4.69, 9.17) is 4.98 Å². The molecule has 170 valence electrons. The molecule has 1 saturated heterocycles. The quantitative estimate of drug-likeness (QED) is 0.618. The smallest absolute Gasteiger partial charge is 0.241 e. The van der Waals surface area contributed by atoms with Crippen molar-refractivity contribution < 1.29 is 4.79 Å². The third-order valence-electron chi connectivity index (χ3n) is 6.70. The molecule has 1 fully saturated rings. The summed E-state index contributed by atoms with van der Waals surface area (Å²) in [4.78, 5) is 33.6. The van der Waals surface area contributed by atoms with Crippen molar-refractivity contribution in [1.29, 1.82) is 0 Å². The lowest BCUT2D eigenvalue weighted by molar-refractivity contribution is -0.119. The maximum Gasteiger partial charge on any atom is 0.241 e. The van der Waals surface area contributed by atoms with Gasteiger partial charge in [0, 0.05) is 55.9 Å². The van der Waals surface area contributed by atoms with E-state index >= 15 is 0 Å². The van der Waals surface area contributed by atoms with Crippen LogP contribution in [0.2, 0.25) is 0 Å². The number of hydrogen-bond acceptors (Lipinski definition) is 6. The fraction of sp³-hybridized carbons (Fsp3) is 0.385. The summed E-state index contributed by atoms with van der Waals surface area (Å²) in [5.41, 5.74) is 5.22. The van der Waals surface area contributed by atoms with Crippen LogP contribution in [-0.4, -0.2) is 65.0 Å². The highest BCUT2D eigenvalue weighted by atomic mass is 16.2. The van der Waals surface area contributed by atoms with E-state index in [1.54, 1.807) is 6.20 Å². The molecule has 0 bridgehead atoms. The molecule has 3 aromatic rings. The molecule has 0 unspecified atom stereocenters. The number of aromatic nitrogens is 3. The zero-order valence-corrected chi connectivity index (χ0v) is 19.4. The Labute approximate surface area is 195 Å². The molecule has 33 heavy (non-hydrogen) atoms. The molecule has 5 rings (SSSR count). The van der Waals surface area contributed by atoms with E-state index in [1.807, 2.05) is 36.1 Å². The van der Waals surface area contributed by atoms with Crippen LogP contribution in [0.1, 0.15) is 23.2 Å². The van der Waals surface area contributed by atoms with Gasteiger partial charge in [0.1, 0.15) is 11.5 Å². The van der Waals surface area contributed by atoms with Crippen LogP contribution < -0.4 is 9.80 Å².